The molecule has 0 saturated heterocycles. The standard InChI is InChI=1S/C22H25BrO5/c1-11(24)27-13-4-5-14-15-8-9-22(3)17(6-7-18(22)28-12(2)25)19(15)20(23)21(26)16(14)10-13/h4-5,10,15,17-20H,6-9H2,1-3H3/t15-,17-,18+,19-,20-,22-/m1/s1. The molecule has 5 nitrogen and oxygen atoms in total. The number of benzene rings is 1. The molecule has 2 fully saturated rings. The second-order valence-corrected chi connectivity index (χ2v) is 9.61. The summed E-state index contributed by atoms with van der Waals surface area (Å²) in [5.74, 6) is 0.612. The van der Waals surface area contributed by atoms with E-state index in [4.69, 9.17) is 9.47 Å². The zero-order chi connectivity index (χ0) is 20.2. The van der Waals surface area contributed by atoms with Gasteiger partial charge in [0.05, 0.1) is 4.83 Å². The largest absolute Gasteiger partial charge is 0.462 e. The first-order chi connectivity index (χ1) is 13.2. The Kier molecular flexibility index (Phi) is 4.89. The van der Waals surface area contributed by atoms with Crippen molar-refractivity contribution in [3.63, 3.8) is 0 Å². The van der Waals surface area contributed by atoms with Crippen LogP contribution in [0.2, 0.25) is 0 Å². The lowest BCUT2D eigenvalue weighted by atomic mass is 9.55. The first-order valence-corrected chi connectivity index (χ1v) is 10.8. The number of fused-ring (bicyclic) bond motifs is 5. The molecule has 0 aliphatic heterocycles. The smallest absolute Gasteiger partial charge is 0.308 e. The summed E-state index contributed by atoms with van der Waals surface area (Å²) in [4.78, 5) is 35.7. The normalized spacial score (nSPS) is 36.1. The molecule has 6 atom stereocenters. The third-order valence-corrected chi connectivity index (χ3v) is 8.12. The van der Waals surface area contributed by atoms with Crippen LogP contribution in [0.5, 0.6) is 5.75 Å². The Morgan fingerprint density at radius 1 is 1.14 bits per heavy atom. The summed E-state index contributed by atoms with van der Waals surface area (Å²) < 4.78 is 10.8. The number of ketones is 1. The summed E-state index contributed by atoms with van der Waals surface area (Å²) in [6.45, 7) is 5.04. The van der Waals surface area contributed by atoms with Crippen LogP contribution in [0, 0.1) is 17.3 Å². The fourth-order valence-electron chi connectivity index (χ4n) is 5.94. The Balaban J connectivity index is 1.69. The lowest BCUT2D eigenvalue weighted by molar-refractivity contribution is -0.154. The van der Waals surface area contributed by atoms with Crippen molar-refractivity contribution < 1.29 is 23.9 Å². The van der Waals surface area contributed by atoms with Gasteiger partial charge in [-0.3, -0.25) is 14.4 Å². The predicted molar refractivity (Wildman–Crippen MR) is 107 cm³/mol. The highest BCUT2D eigenvalue weighted by molar-refractivity contribution is 9.10. The number of ether oxygens (including phenoxy) is 2. The maximum atomic E-state index is 13.2. The fraction of sp³-hybridized carbons (Fsp3) is 0.591. The number of halogens is 1. The monoisotopic (exact) mass is 448 g/mol. The van der Waals surface area contributed by atoms with Gasteiger partial charge in [0.15, 0.2) is 5.78 Å². The summed E-state index contributed by atoms with van der Waals surface area (Å²) in [6.07, 6.45) is 3.67. The van der Waals surface area contributed by atoms with E-state index in [0.717, 1.165) is 31.2 Å². The maximum absolute atomic E-state index is 13.2. The molecule has 6 heteroatoms. The molecule has 1 aromatic carbocycles. The Hall–Kier alpha value is -1.69. The number of hydrogen-bond acceptors (Lipinski definition) is 5. The maximum Gasteiger partial charge on any atom is 0.308 e. The summed E-state index contributed by atoms with van der Waals surface area (Å²) in [5, 5.41) is 0. The number of esters is 2. The van der Waals surface area contributed by atoms with Crippen LogP contribution in [0.25, 0.3) is 0 Å². The molecule has 0 unspecified atom stereocenters. The minimum absolute atomic E-state index is 0.0467. The zero-order valence-corrected chi connectivity index (χ0v) is 18.0. The Bertz CT molecular complexity index is 849. The highest BCUT2D eigenvalue weighted by Crippen LogP contribution is 2.62. The third kappa shape index (κ3) is 3.00. The van der Waals surface area contributed by atoms with Gasteiger partial charge in [-0.15, -0.1) is 0 Å². The Morgan fingerprint density at radius 3 is 2.57 bits per heavy atom. The van der Waals surface area contributed by atoms with E-state index in [2.05, 4.69) is 22.9 Å². The van der Waals surface area contributed by atoms with Gasteiger partial charge in [-0.2, -0.15) is 0 Å². The van der Waals surface area contributed by atoms with Gasteiger partial charge in [-0.05, 0) is 61.1 Å². The average Bonchev–Trinajstić information content (AvgIpc) is 2.94. The van der Waals surface area contributed by atoms with Crippen LogP contribution in [0.15, 0.2) is 18.2 Å². The van der Waals surface area contributed by atoms with E-state index in [1.54, 1.807) is 12.1 Å². The zero-order valence-electron chi connectivity index (χ0n) is 16.4. The van der Waals surface area contributed by atoms with Crippen molar-refractivity contribution in [3.8, 4) is 5.75 Å². The number of rotatable bonds is 2. The van der Waals surface area contributed by atoms with Gasteiger partial charge in [0.25, 0.3) is 0 Å². The molecule has 3 aliphatic carbocycles. The van der Waals surface area contributed by atoms with E-state index in [9.17, 15) is 14.4 Å². The number of alkyl halides is 1. The molecule has 0 heterocycles. The van der Waals surface area contributed by atoms with Crippen molar-refractivity contribution in [2.45, 2.75) is 63.3 Å². The highest BCUT2D eigenvalue weighted by Gasteiger charge is 2.59. The van der Waals surface area contributed by atoms with Crippen molar-refractivity contribution in [2.24, 2.45) is 17.3 Å². The second-order valence-electron chi connectivity index (χ2n) is 8.62. The molecule has 4 rings (SSSR count). The van der Waals surface area contributed by atoms with Crippen LogP contribution in [-0.4, -0.2) is 28.7 Å². The number of Topliss-reactive ketones (excluding diaryl/α,β-unsaturated/α-hetero) is 1. The van der Waals surface area contributed by atoms with Gasteiger partial charge in [0.1, 0.15) is 11.9 Å². The van der Waals surface area contributed by atoms with Gasteiger partial charge in [-0.25, -0.2) is 0 Å². The van der Waals surface area contributed by atoms with E-state index >= 15 is 0 Å². The van der Waals surface area contributed by atoms with Gasteiger partial charge in [-0.1, -0.05) is 28.9 Å². The number of hydrogen-bond donors (Lipinski definition) is 0. The summed E-state index contributed by atoms with van der Waals surface area (Å²) in [7, 11) is 0. The van der Waals surface area contributed by atoms with E-state index in [1.165, 1.54) is 13.8 Å². The quantitative estimate of drug-likeness (QED) is 0.380. The van der Waals surface area contributed by atoms with Crippen LogP contribution in [0.3, 0.4) is 0 Å². The van der Waals surface area contributed by atoms with Crippen LogP contribution in [0.1, 0.15) is 68.3 Å². The minimum atomic E-state index is -0.396. The van der Waals surface area contributed by atoms with Crippen molar-refractivity contribution in [2.75, 3.05) is 0 Å². The highest BCUT2D eigenvalue weighted by atomic mass is 79.9. The van der Waals surface area contributed by atoms with Gasteiger partial charge in [0.2, 0.25) is 0 Å². The number of carbonyl (C=O) groups is 3. The molecule has 0 radical (unpaired) electrons. The predicted octanol–water partition coefficient (Wildman–Crippen LogP) is 4.41. The van der Waals surface area contributed by atoms with Crippen LogP contribution >= 0.6 is 15.9 Å². The van der Waals surface area contributed by atoms with Crippen molar-refractivity contribution in [1.29, 1.82) is 0 Å². The molecule has 0 bridgehead atoms. The average molecular weight is 449 g/mol. The number of carbonyl (C=O) groups excluding carboxylic acids is 3. The molecular weight excluding hydrogens is 424 g/mol. The molecule has 3 aliphatic rings. The molecule has 28 heavy (non-hydrogen) atoms. The molecule has 0 aromatic heterocycles. The molecule has 150 valence electrons. The minimum Gasteiger partial charge on any atom is -0.462 e. The molecule has 2 saturated carbocycles. The summed E-state index contributed by atoms with van der Waals surface area (Å²) in [6, 6.07) is 5.43. The van der Waals surface area contributed by atoms with Crippen LogP contribution in [0.4, 0.5) is 0 Å². The molecule has 1 aromatic rings. The lowest BCUT2D eigenvalue weighted by Gasteiger charge is -2.51. The van der Waals surface area contributed by atoms with Gasteiger partial charge < -0.3 is 9.47 Å². The van der Waals surface area contributed by atoms with Gasteiger partial charge in [0, 0.05) is 24.8 Å². The molecular formula is C22H25BrO5. The van der Waals surface area contributed by atoms with E-state index in [1.807, 2.05) is 6.07 Å². The van der Waals surface area contributed by atoms with E-state index in [0.29, 0.717) is 17.2 Å². The first kappa shape index (κ1) is 19.6. The van der Waals surface area contributed by atoms with E-state index < -0.39 is 5.97 Å². The van der Waals surface area contributed by atoms with Crippen molar-refractivity contribution >= 4 is 33.7 Å². The summed E-state index contributed by atoms with van der Waals surface area (Å²) in [5.41, 5.74) is 1.62. The third-order valence-electron chi connectivity index (χ3n) is 7.09. The molecule has 0 N–H and O–H groups in total. The Labute approximate surface area is 173 Å². The molecule has 0 amide bonds. The SMILES string of the molecule is CC(=O)Oc1ccc2c(c1)C(=O)[C@H](Br)[C@@H]1[C@@H]2CC[C@@]2(C)[C@@H](OC(C)=O)CC[C@H]12. The van der Waals surface area contributed by atoms with Gasteiger partial charge >= 0.3 is 11.9 Å². The van der Waals surface area contributed by atoms with Crippen LogP contribution in [-0.2, 0) is 14.3 Å². The van der Waals surface area contributed by atoms with Crippen LogP contribution < -0.4 is 4.74 Å². The molecule has 0 spiro atoms. The second kappa shape index (κ2) is 6.97. The van der Waals surface area contributed by atoms with E-state index in [-0.39, 0.29) is 39.9 Å². The van der Waals surface area contributed by atoms with Crippen molar-refractivity contribution in [1.82, 2.24) is 0 Å². The Morgan fingerprint density at radius 2 is 1.89 bits per heavy atom. The topological polar surface area (TPSA) is 69.7 Å². The first-order valence-electron chi connectivity index (χ1n) is 9.90. The summed E-state index contributed by atoms with van der Waals surface area (Å²) >= 11 is 3.71. The lowest BCUT2D eigenvalue weighted by Crippen LogP contribution is -2.50. The van der Waals surface area contributed by atoms with Crippen molar-refractivity contribution in [3.05, 3.63) is 29.3 Å². The fourth-order valence-corrected chi connectivity index (χ4v) is 6.92.